The number of rotatable bonds is 5. The summed E-state index contributed by atoms with van der Waals surface area (Å²) in [5.41, 5.74) is 1.80. The number of aryl methyl sites for hydroxylation is 1. The van der Waals surface area contributed by atoms with Crippen molar-refractivity contribution in [1.82, 2.24) is 4.72 Å². The van der Waals surface area contributed by atoms with E-state index in [2.05, 4.69) is 4.72 Å². The third kappa shape index (κ3) is 3.88. The summed E-state index contributed by atoms with van der Waals surface area (Å²) in [5, 5.41) is 0. The van der Waals surface area contributed by atoms with Crippen molar-refractivity contribution in [3.8, 4) is 0 Å². The van der Waals surface area contributed by atoms with Gasteiger partial charge in [0.05, 0.1) is 4.90 Å². The van der Waals surface area contributed by atoms with Gasteiger partial charge in [-0.3, -0.25) is 4.79 Å². The molecule has 1 heterocycles. The summed E-state index contributed by atoms with van der Waals surface area (Å²) >= 11 is 0. The molecule has 7 heteroatoms. The maximum atomic E-state index is 13.3. The van der Waals surface area contributed by atoms with E-state index in [0.717, 1.165) is 23.7 Å². The van der Waals surface area contributed by atoms with Gasteiger partial charge in [-0.15, -0.1) is 0 Å². The molecule has 0 bridgehead atoms. The number of hydrogen-bond acceptors (Lipinski definition) is 3. The van der Waals surface area contributed by atoms with Gasteiger partial charge in [0.2, 0.25) is 15.9 Å². The molecule has 1 fully saturated rings. The highest BCUT2D eigenvalue weighted by molar-refractivity contribution is 7.89. The monoisotopic (exact) mass is 362 g/mol. The zero-order chi connectivity index (χ0) is 18.0. The fraction of sp³-hybridized carbons (Fsp3) is 0.278. The molecule has 0 radical (unpaired) electrons. The number of amides is 1. The predicted octanol–water partition coefficient (Wildman–Crippen LogP) is 2.74. The second kappa shape index (κ2) is 6.93. The molecule has 132 valence electrons. The predicted molar refractivity (Wildman–Crippen MR) is 93.2 cm³/mol. The number of carbonyl (C=O) groups is 1. The SMILES string of the molecule is Cc1cc(S(=O)(=O)NCc2cccc(N3CCCC3=O)c2)ccc1F. The molecule has 0 spiro atoms. The van der Waals surface area contributed by atoms with Gasteiger partial charge in [0, 0.05) is 25.2 Å². The summed E-state index contributed by atoms with van der Waals surface area (Å²) < 4.78 is 40.6. The lowest BCUT2D eigenvalue weighted by atomic mass is 10.2. The molecule has 0 atom stereocenters. The van der Waals surface area contributed by atoms with Crippen molar-refractivity contribution in [3.05, 3.63) is 59.4 Å². The molecule has 0 aliphatic carbocycles. The fourth-order valence-electron chi connectivity index (χ4n) is 2.80. The van der Waals surface area contributed by atoms with Crippen LogP contribution >= 0.6 is 0 Å². The topological polar surface area (TPSA) is 66.5 Å². The molecule has 0 aromatic heterocycles. The Kier molecular flexibility index (Phi) is 4.87. The minimum absolute atomic E-state index is 0.0253. The summed E-state index contributed by atoms with van der Waals surface area (Å²) in [5.74, 6) is -0.360. The number of hydrogen-bond donors (Lipinski definition) is 1. The first kappa shape index (κ1) is 17.6. The van der Waals surface area contributed by atoms with E-state index in [0.29, 0.717) is 13.0 Å². The van der Waals surface area contributed by atoms with Crippen LogP contribution < -0.4 is 9.62 Å². The molecule has 0 saturated carbocycles. The van der Waals surface area contributed by atoms with Crippen molar-refractivity contribution >= 4 is 21.6 Å². The highest BCUT2D eigenvalue weighted by Gasteiger charge is 2.22. The van der Waals surface area contributed by atoms with Gasteiger partial charge in [-0.05, 0) is 54.8 Å². The molecular weight excluding hydrogens is 343 g/mol. The lowest BCUT2D eigenvalue weighted by molar-refractivity contribution is -0.117. The van der Waals surface area contributed by atoms with Crippen LogP contribution in [-0.2, 0) is 21.4 Å². The zero-order valence-electron chi connectivity index (χ0n) is 13.8. The van der Waals surface area contributed by atoms with E-state index in [1.54, 1.807) is 17.0 Å². The van der Waals surface area contributed by atoms with Gasteiger partial charge < -0.3 is 4.90 Å². The van der Waals surface area contributed by atoms with E-state index in [1.807, 2.05) is 12.1 Å². The molecule has 3 rings (SSSR count). The van der Waals surface area contributed by atoms with Gasteiger partial charge in [0.15, 0.2) is 0 Å². The molecule has 1 aliphatic rings. The largest absolute Gasteiger partial charge is 0.312 e. The Hall–Kier alpha value is -2.25. The van der Waals surface area contributed by atoms with Crippen LogP contribution in [-0.4, -0.2) is 20.9 Å². The smallest absolute Gasteiger partial charge is 0.240 e. The van der Waals surface area contributed by atoms with Crippen molar-refractivity contribution in [2.45, 2.75) is 31.2 Å². The Morgan fingerprint density at radius 3 is 2.68 bits per heavy atom. The summed E-state index contributed by atoms with van der Waals surface area (Å²) in [6, 6.07) is 10.9. The second-order valence-electron chi connectivity index (χ2n) is 6.05. The molecule has 2 aromatic carbocycles. The molecule has 2 aromatic rings. The van der Waals surface area contributed by atoms with Crippen molar-refractivity contribution in [3.63, 3.8) is 0 Å². The van der Waals surface area contributed by atoms with Crippen LogP contribution in [0.1, 0.15) is 24.0 Å². The maximum Gasteiger partial charge on any atom is 0.240 e. The van der Waals surface area contributed by atoms with E-state index >= 15 is 0 Å². The number of sulfonamides is 1. The lowest BCUT2D eigenvalue weighted by Crippen LogP contribution is -2.25. The van der Waals surface area contributed by atoms with Crippen LogP contribution in [0.15, 0.2) is 47.4 Å². The first-order valence-corrected chi connectivity index (χ1v) is 9.50. The Labute approximate surface area is 146 Å². The summed E-state index contributed by atoms with van der Waals surface area (Å²) in [7, 11) is -3.74. The molecule has 1 saturated heterocycles. The molecule has 1 N–H and O–H groups in total. The second-order valence-corrected chi connectivity index (χ2v) is 7.82. The first-order chi connectivity index (χ1) is 11.9. The number of benzene rings is 2. The molecule has 5 nitrogen and oxygen atoms in total. The van der Waals surface area contributed by atoms with Gasteiger partial charge >= 0.3 is 0 Å². The van der Waals surface area contributed by atoms with Gasteiger partial charge in [-0.25, -0.2) is 17.5 Å². The lowest BCUT2D eigenvalue weighted by Gasteiger charge is -2.16. The molecule has 1 amide bonds. The third-order valence-corrected chi connectivity index (χ3v) is 5.60. The van der Waals surface area contributed by atoms with Gasteiger partial charge in [0.25, 0.3) is 0 Å². The average molecular weight is 362 g/mol. The Balaban J connectivity index is 1.74. The number of carbonyl (C=O) groups excluding carboxylic acids is 1. The number of halogens is 1. The van der Waals surface area contributed by atoms with Gasteiger partial charge in [-0.2, -0.15) is 0 Å². The van der Waals surface area contributed by atoms with Gasteiger partial charge in [-0.1, -0.05) is 12.1 Å². The molecule has 0 unspecified atom stereocenters. The third-order valence-electron chi connectivity index (χ3n) is 4.20. The normalized spacial score (nSPS) is 15.0. The van der Waals surface area contributed by atoms with Crippen LogP contribution in [0.2, 0.25) is 0 Å². The fourth-order valence-corrected chi connectivity index (χ4v) is 3.90. The Morgan fingerprint density at radius 2 is 2.00 bits per heavy atom. The first-order valence-electron chi connectivity index (χ1n) is 8.02. The van der Waals surface area contributed by atoms with Crippen LogP contribution in [0.4, 0.5) is 10.1 Å². The van der Waals surface area contributed by atoms with E-state index in [4.69, 9.17) is 0 Å². The number of anilines is 1. The van der Waals surface area contributed by atoms with E-state index in [1.165, 1.54) is 19.1 Å². The van der Waals surface area contributed by atoms with E-state index in [-0.39, 0.29) is 22.9 Å². The van der Waals surface area contributed by atoms with Crippen LogP contribution in [0.25, 0.3) is 0 Å². The summed E-state index contributed by atoms with van der Waals surface area (Å²) in [4.78, 5) is 13.6. The molecular formula is C18H19FN2O3S. The number of nitrogens with zero attached hydrogens (tertiary/aromatic N) is 1. The molecule has 25 heavy (non-hydrogen) atoms. The minimum atomic E-state index is -3.74. The van der Waals surface area contributed by atoms with Crippen molar-refractivity contribution in [2.75, 3.05) is 11.4 Å². The highest BCUT2D eigenvalue weighted by Crippen LogP contribution is 2.22. The van der Waals surface area contributed by atoms with Crippen LogP contribution in [0.3, 0.4) is 0 Å². The minimum Gasteiger partial charge on any atom is -0.312 e. The Morgan fingerprint density at radius 1 is 1.20 bits per heavy atom. The standard InChI is InChI=1S/C18H19FN2O3S/c1-13-10-16(7-8-17(13)19)25(23,24)20-12-14-4-2-5-15(11-14)21-9-3-6-18(21)22/h2,4-5,7-8,10-11,20H,3,6,9,12H2,1H3. The van der Waals surface area contributed by atoms with Crippen molar-refractivity contribution in [2.24, 2.45) is 0 Å². The molecule has 1 aliphatic heterocycles. The Bertz CT molecular complexity index is 912. The maximum absolute atomic E-state index is 13.3. The average Bonchev–Trinajstić information content (AvgIpc) is 3.02. The van der Waals surface area contributed by atoms with Crippen molar-refractivity contribution in [1.29, 1.82) is 0 Å². The van der Waals surface area contributed by atoms with Crippen molar-refractivity contribution < 1.29 is 17.6 Å². The zero-order valence-corrected chi connectivity index (χ0v) is 14.6. The van der Waals surface area contributed by atoms with Crippen LogP contribution in [0.5, 0.6) is 0 Å². The quantitative estimate of drug-likeness (QED) is 0.889. The van der Waals surface area contributed by atoms with E-state index < -0.39 is 15.8 Å². The summed E-state index contributed by atoms with van der Waals surface area (Å²) in [6.45, 7) is 2.29. The highest BCUT2D eigenvalue weighted by atomic mass is 32.2. The summed E-state index contributed by atoms with van der Waals surface area (Å²) in [6.07, 6.45) is 1.38. The number of nitrogens with one attached hydrogen (secondary N) is 1. The van der Waals surface area contributed by atoms with Crippen LogP contribution in [0, 0.1) is 12.7 Å². The van der Waals surface area contributed by atoms with Gasteiger partial charge in [0.1, 0.15) is 5.82 Å². The van der Waals surface area contributed by atoms with E-state index in [9.17, 15) is 17.6 Å².